The maximum absolute atomic E-state index is 13.6. The van der Waals surface area contributed by atoms with Gasteiger partial charge in [-0.2, -0.15) is 13.2 Å². The van der Waals surface area contributed by atoms with Gasteiger partial charge in [-0.15, -0.1) is 0 Å². The second-order valence-electron chi connectivity index (χ2n) is 9.11. The SMILES string of the molecule is CC(C)c1cccc(C(C)C)c1NC(=O)NCC1(c2ccccc2C(F)(F)F)CCC1. The van der Waals surface area contributed by atoms with Gasteiger partial charge < -0.3 is 10.6 Å². The molecule has 0 saturated heterocycles. The zero-order valence-electron chi connectivity index (χ0n) is 18.6. The molecule has 2 aromatic rings. The molecule has 0 heterocycles. The van der Waals surface area contributed by atoms with E-state index in [0.29, 0.717) is 12.8 Å². The van der Waals surface area contributed by atoms with Gasteiger partial charge in [0.2, 0.25) is 0 Å². The number of carbonyl (C=O) groups is 1. The number of hydrogen-bond donors (Lipinski definition) is 2. The molecule has 0 aromatic heterocycles. The van der Waals surface area contributed by atoms with Crippen molar-refractivity contribution in [2.45, 2.75) is 70.4 Å². The van der Waals surface area contributed by atoms with Crippen LogP contribution >= 0.6 is 0 Å². The normalized spacial score (nSPS) is 15.6. The van der Waals surface area contributed by atoms with E-state index in [0.717, 1.165) is 29.3 Å². The van der Waals surface area contributed by atoms with Crippen LogP contribution < -0.4 is 10.6 Å². The van der Waals surface area contributed by atoms with Crippen LogP contribution in [0.1, 0.15) is 81.0 Å². The third-order valence-corrected chi connectivity index (χ3v) is 6.31. The average Bonchev–Trinajstić information content (AvgIpc) is 2.66. The van der Waals surface area contributed by atoms with Crippen LogP contribution in [0, 0.1) is 0 Å². The summed E-state index contributed by atoms with van der Waals surface area (Å²) < 4.78 is 40.7. The van der Waals surface area contributed by atoms with Crippen LogP contribution in [0.2, 0.25) is 0 Å². The fraction of sp³-hybridized carbons (Fsp3) is 0.480. The van der Waals surface area contributed by atoms with Gasteiger partial charge in [0.25, 0.3) is 0 Å². The van der Waals surface area contributed by atoms with Gasteiger partial charge in [0, 0.05) is 17.6 Å². The molecule has 1 fully saturated rings. The largest absolute Gasteiger partial charge is 0.416 e. The Morgan fingerprint density at radius 1 is 0.968 bits per heavy atom. The van der Waals surface area contributed by atoms with E-state index in [1.165, 1.54) is 6.07 Å². The lowest BCUT2D eigenvalue weighted by Crippen LogP contribution is -2.47. The van der Waals surface area contributed by atoms with E-state index in [4.69, 9.17) is 0 Å². The summed E-state index contributed by atoms with van der Waals surface area (Å²) in [6.07, 6.45) is -2.31. The number of rotatable bonds is 6. The Hall–Kier alpha value is -2.50. The highest BCUT2D eigenvalue weighted by Crippen LogP contribution is 2.47. The zero-order valence-corrected chi connectivity index (χ0v) is 18.6. The number of nitrogens with one attached hydrogen (secondary N) is 2. The third-order valence-electron chi connectivity index (χ3n) is 6.31. The number of carbonyl (C=O) groups excluding carboxylic acids is 1. The highest BCUT2D eigenvalue weighted by Gasteiger charge is 2.45. The number of halogens is 3. The molecule has 1 saturated carbocycles. The van der Waals surface area contributed by atoms with Gasteiger partial charge in [-0.05, 0) is 47.4 Å². The molecular formula is C25H31F3N2O. The maximum Gasteiger partial charge on any atom is 0.416 e. The van der Waals surface area contributed by atoms with Crippen molar-refractivity contribution in [2.75, 3.05) is 11.9 Å². The summed E-state index contributed by atoms with van der Waals surface area (Å²) in [6, 6.07) is 11.3. The Morgan fingerprint density at radius 2 is 1.55 bits per heavy atom. The number of alkyl halides is 3. The summed E-state index contributed by atoms with van der Waals surface area (Å²) in [5.41, 5.74) is 1.87. The summed E-state index contributed by atoms with van der Waals surface area (Å²) >= 11 is 0. The number of amides is 2. The molecule has 3 nitrogen and oxygen atoms in total. The third kappa shape index (κ3) is 4.89. The summed E-state index contributed by atoms with van der Waals surface area (Å²) in [6.45, 7) is 8.45. The molecule has 0 aliphatic heterocycles. The second kappa shape index (κ2) is 8.93. The van der Waals surface area contributed by atoms with Crippen molar-refractivity contribution in [1.29, 1.82) is 0 Å². The van der Waals surface area contributed by atoms with E-state index in [1.807, 2.05) is 18.2 Å². The molecule has 1 aliphatic carbocycles. The van der Waals surface area contributed by atoms with E-state index in [-0.39, 0.29) is 30.0 Å². The summed E-state index contributed by atoms with van der Waals surface area (Å²) in [7, 11) is 0. The van der Waals surface area contributed by atoms with Crippen molar-refractivity contribution >= 4 is 11.7 Å². The molecule has 0 atom stereocenters. The fourth-order valence-electron chi connectivity index (χ4n) is 4.44. The van der Waals surface area contributed by atoms with Gasteiger partial charge in [-0.3, -0.25) is 0 Å². The van der Waals surface area contributed by atoms with Crippen LogP contribution in [0.25, 0.3) is 0 Å². The molecule has 3 rings (SSSR count). The van der Waals surface area contributed by atoms with Crippen LogP contribution in [-0.2, 0) is 11.6 Å². The Bertz CT molecular complexity index is 904. The summed E-state index contributed by atoms with van der Waals surface area (Å²) in [5, 5.41) is 5.85. The first-order valence-electron chi connectivity index (χ1n) is 10.9. The number of benzene rings is 2. The van der Waals surface area contributed by atoms with Gasteiger partial charge in [-0.1, -0.05) is 70.5 Å². The van der Waals surface area contributed by atoms with E-state index >= 15 is 0 Å². The van der Waals surface area contributed by atoms with Gasteiger partial charge in [0.1, 0.15) is 0 Å². The van der Waals surface area contributed by atoms with Crippen molar-refractivity contribution in [1.82, 2.24) is 5.32 Å². The molecule has 0 bridgehead atoms. The van der Waals surface area contributed by atoms with Crippen LogP contribution in [0.4, 0.5) is 23.7 Å². The van der Waals surface area contributed by atoms with Crippen LogP contribution in [-0.4, -0.2) is 12.6 Å². The zero-order chi connectivity index (χ0) is 22.8. The monoisotopic (exact) mass is 432 g/mol. The van der Waals surface area contributed by atoms with Crippen LogP contribution in [0.5, 0.6) is 0 Å². The van der Waals surface area contributed by atoms with Crippen molar-refractivity contribution in [3.63, 3.8) is 0 Å². The first-order chi connectivity index (χ1) is 14.5. The van der Waals surface area contributed by atoms with E-state index in [9.17, 15) is 18.0 Å². The quantitative estimate of drug-likeness (QED) is 0.498. The molecule has 2 aromatic carbocycles. The van der Waals surface area contributed by atoms with Crippen molar-refractivity contribution in [2.24, 2.45) is 0 Å². The van der Waals surface area contributed by atoms with Gasteiger partial charge in [0.15, 0.2) is 0 Å². The van der Waals surface area contributed by atoms with Crippen molar-refractivity contribution in [3.05, 3.63) is 64.7 Å². The molecule has 2 amide bonds. The molecule has 2 N–H and O–H groups in total. The highest BCUT2D eigenvalue weighted by atomic mass is 19.4. The minimum Gasteiger partial charge on any atom is -0.337 e. The lowest BCUT2D eigenvalue weighted by molar-refractivity contribution is -0.139. The minimum atomic E-state index is -4.41. The minimum absolute atomic E-state index is 0.173. The summed E-state index contributed by atoms with van der Waals surface area (Å²) in [5.74, 6) is 0.455. The van der Waals surface area contributed by atoms with Crippen molar-refractivity contribution < 1.29 is 18.0 Å². The van der Waals surface area contributed by atoms with Crippen LogP contribution in [0.3, 0.4) is 0 Å². The molecule has 1 aliphatic rings. The summed E-state index contributed by atoms with van der Waals surface area (Å²) in [4.78, 5) is 12.8. The van der Waals surface area contributed by atoms with E-state index in [2.05, 4.69) is 38.3 Å². The smallest absolute Gasteiger partial charge is 0.337 e. The Kier molecular flexibility index (Phi) is 6.68. The Morgan fingerprint density at radius 3 is 2.03 bits per heavy atom. The molecule has 31 heavy (non-hydrogen) atoms. The number of hydrogen-bond acceptors (Lipinski definition) is 1. The van der Waals surface area contributed by atoms with E-state index < -0.39 is 17.2 Å². The highest BCUT2D eigenvalue weighted by molar-refractivity contribution is 5.91. The second-order valence-corrected chi connectivity index (χ2v) is 9.11. The van der Waals surface area contributed by atoms with Crippen molar-refractivity contribution in [3.8, 4) is 0 Å². The standard InChI is InChI=1S/C25H31F3N2O/c1-16(2)18-9-7-10-19(17(3)4)22(18)30-23(31)29-15-24(13-8-14-24)20-11-5-6-12-21(20)25(26,27)28/h5-7,9-12,16-17H,8,13-15H2,1-4H3,(H2,29,30,31). The molecule has 0 radical (unpaired) electrons. The van der Waals surface area contributed by atoms with E-state index in [1.54, 1.807) is 12.1 Å². The fourth-order valence-corrected chi connectivity index (χ4v) is 4.44. The molecule has 0 unspecified atom stereocenters. The first kappa shape index (κ1) is 23.2. The number of anilines is 1. The molecule has 6 heteroatoms. The lowest BCUT2D eigenvalue weighted by Gasteiger charge is -2.43. The van der Waals surface area contributed by atoms with Gasteiger partial charge in [0.05, 0.1) is 5.56 Å². The lowest BCUT2D eigenvalue weighted by atomic mass is 9.63. The van der Waals surface area contributed by atoms with Gasteiger partial charge >= 0.3 is 12.2 Å². The molecular weight excluding hydrogens is 401 g/mol. The number of urea groups is 1. The van der Waals surface area contributed by atoms with Crippen LogP contribution in [0.15, 0.2) is 42.5 Å². The molecule has 0 spiro atoms. The first-order valence-corrected chi connectivity index (χ1v) is 10.9. The topological polar surface area (TPSA) is 41.1 Å². The maximum atomic E-state index is 13.6. The average molecular weight is 433 g/mol. The predicted molar refractivity (Wildman–Crippen MR) is 119 cm³/mol. The molecule has 168 valence electrons. The number of para-hydroxylation sites is 1. The van der Waals surface area contributed by atoms with Gasteiger partial charge in [-0.25, -0.2) is 4.79 Å². The Labute approximate surface area is 182 Å². The predicted octanol–water partition coefficient (Wildman–Crippen LogP) is 7.20. The Balaban J connectivity index is 1.81.